The summed E-state index contributed by atoms with van der Waals surface area (Å²) in [6, 6.07) is 17.3. The Hall–Kier alpha value is -3.35. The maximum absolute atomic E-state index is 12.8. The number of rotatable bonds is 10. The Labute approximate surface area is 174 Å². The smallest absolute Gasteiger partial charge is 0.150 e. The van der Waals surface area contributed by atoms with Gasteiger partial charge in [-0.1, -0.05) is 23.3 Å². The first-order valence-corrected chi connectivity index (χ1v) is 9.79. The van der Waals surface area contributed by atoms with Crippen LogP contribution in [0.2, 0.25) is 0 Å². The maximum atomic E-state index is 12.8. The quantitative estimate of drug-likeness (QED) is 0.297. The highest BCUT2D eigenvalue weighted by Crippen LogP contribution is 2.26. The van der Waals surface area contributed by atoms with E-state index in [1.54, 1.807) is 12.1 Å². The molecule has 1 heterocycles. The molecule has 2 aromatic carbocycles. The number of azide groups is 1. The molecule has 1 atom stereocenters. The molecule has 0 bridgehead atoms. The SMILES string of the molecule is CCN(CCN=[N+]=[N-])c1ccc(-c2ccc3cc(OC(CO)CF)ccc3n2)cc1. The number of aliphatic hydroxyl groups is 1. The van der Waals surface area contributed by atoms with Crippen molar-refractivity contribution >= 4 is 16.6 Å². The van der Waals surface area contributed by atoms with E-state index in [-0.39, 0.29) is 6.61 Å². The Morgan fingerprint density at radius 3 is 2.67 bits per heavy atom. The van der Waals surface area contributed by atoms with E-state index in [4.69, 9.17) is 20.4 Å². The van der Waals surface area contributed by atoms with Crippen LogP contribution in [0.15, 0.2) is 59.7 Å². The third-order valence-corrected chi connectivity index (χ3v) is 4.78. The molecule has 0 fully saturated rings. The molecule has 0 aliphatic heterocycles. The second kappa shape index (κ2) is 10.4. The van der Waals surface area contributed by atoms with Crippen molar-refractivity contribution in [1.29, 1.82) is 0 Å². The zero-order valence-electron chi connectivity index (χ0n) is 16.8. The van der Waals surface area contributed by atoms with Crippen LogP contribution in [0.3, 0.4) is 0 Å². The standard InChI is InChI=1S/C22H24FN5O2/c1-2-28(12-11-25-27-24)18-6-3-16(4-7-18)21-9-5-17-13-19(8-10-22(17)26-21)30-20(14-23)15-29/h3-10,13,20,29H,2,11-12,14-15H2,1H3. The van der Waals surface area contributed by atoms with Gasteiger partial charge < -0.3 is 14.7 Å². The van der Waals surface area contributed by atoms with Gasteiger partial charge in [-0.05, 0) is 48.9 Å². The molecule has 0 saturated heterocycles. The van der Waals surface area contributed by atoms with Gasteiger partial charge in [0.05, 0.1) is 17.8 Å². The van der Waals surface area contributed by atoms with Crippen LogP contribution in [-0.4, -0.2) is 49.1 Å². The molecule has 0 amide bonds. The lowest BCUT2D eigenvalue weighted by molar-refractivity contribution is 0.0933. The molecular formula is C22H24FN5O2. The highest BCUT2D eigenvalue weighted by molar-refractivity contribution is 5.83. The van der Waals surface area contributed by atoms with Gasteiger partial charge in [0.1, 0.15) is 18.5 Å². The average molecular weight is 409 g/mol. The molecule has 0 radical (unpaired) electrons. The molecule has 1 unspecified atom stereocenters. The predicted octanol–water partition coefficient (Wildman–Crippen LogP) is 4.75. The van der Waals surface area contributed by atoms with Crippen molar-refractivity contribution in [3.8, 4) is 17.0 Å². The van der Waals surface area contributed by atoms with E-state index in [0.717, 1.165) is 34.4 Å². The Morgan fingerprint density at radius 2 is 2.00 bits per heavy atom. The first kappa shape index (κ1) is 21.4. The van der Waals surface area contributed by atoms with Crippen LogP contribution in [-0.2, 0) is 0 Å². The highest BCUT2D eigenvalue weighted by atomic mass is 19.1. The Bertz CT molecular complexity index is 1020. The van der Waals surface area contributed by atoms with Crippen molar-refractivity contribution < 1.29 is 14.2 Å². The minimum absolute atomic E-state index is 0.372. The summed E-state index contributed by atoms with van der Waals surface area (Å²) in [5, 5.41) is 13.6. The van der Waals surface area contributed by atoms with Gasteiger partial charge in [0.15, 0.2) is 0 Å². The number of fused-ring (bicyclic) bond motifs is 1. The summed E-state index contributed by atoms with van der Waals surface area (Å²) in [6.45, 7) is 2.85. The summed E-state index contributed by atoms with van der Waals surface area (Å²) in [5.41, 5.74) is 12.1. The highest BCUT2D eigenvalue weighted by Gasteiger charge is 2.10. The molecular weight excluding hydrogens is 385 g/mol. The van der Waals surface area contributed by atoms with Crippen LogP contribution in [0.4, 0.5) is 10.1 Å². The minimum Gasteiger partial charge on any atom is -0.485 e. The first-order chi connectivity index (χ1) is 14.7. The number of pyridine rings is 1. The largest absolute Gasteiger partial charge is 0.485 e. The third-order valence-electron chi connectivity index (χ3n) is 4.78. The van der Waals surface area contributed by atoms with Crippen LogP contribution in [0.25, 0.3) is 32.6 Å². The van der Waals surface area contributed by atoms with E-state index in [9.17, 15) is 4.39 Å². The van der Waals surface area contributed by atoms with Crippen molar-refractivity contribution in [1.82, 2.24) is 4.98 Å². The van der Waals surface area contributed by atoms with E-state index in [1.807, 2.05) is 42.5 Å². The Balaban J connectivity index is 1.78. The summed E-state index contributed by atoms with van der Waals surface area (Å²) in [7, 11) is 0. The fourth-order valence-corrected chi connectivity index (χ4v) is 3.17. The molecule has 0 aliphatic carbocycles. The summed E-state index contributed by atoms with van der Waals surface area (Å²) >= 11 is 0. The number of nitrogens with zero attached hydrogens (tertiary/aromatic N) is 5. The lowest BCUT2D eigenvalue weighted by Gasteiger charge is -2.22. The zero-order valence-corrected chi connectivity index (χ0v) is 16.8. The van der Waals surface area contributed by atoms with E-state index >= 15 is 0 Å². The lowest BCUT2D eigenvalue weighted by atomic mass is 10.1. The molecule has 0 saturated carbocycles. The monoisotopic (exact) mass is 409 g/mol. The van der Waals surface area contributed by atoms with Crippen LogP contribution < -0.4 is 9.64 Å². The van der Waals surface area contributed by atoms with Gasteiger partial charge in [-0.25, -0.2) is 9.37 Å². The number of benzene rings is 2. The Morgan fingerprint density at radius 1 is 1.20 bits per heavy atom. The summed E-state index contributed by atoms with van der Waals surface area (Å²) in [5.74, 6) is 0.499. The summed E-state index contributed by atoms with van der Waals surface area (Å²) in [4.78, 5) is 9.65. The molecule has 0 spiro atoms. The van der Waals surface area contributed by atoms with Crippen molar-refractivity contribution in [3.63, 3.8) is 0 Å². The molecule has 1 aromatic heterocycles. The second-order valence-electron chi connectivity index (χ2n) is 6.71. The molecule has 7 nitrogen and oxygen atoms in total. The van der Waals surface area contributed by atoms with E-state index < -0.39 is 12.8 Å². The number of hydrogen-bond donors (Lipinski definition) is 1. The number of hydrogen-bond acceptors (Lipinski definition) is 5. The van der Waals surface area contributed by atoms with Gasteiger partial charge in [-0.15, -0.1) is 0 Å². The number of likely N-dealkylation sites (N-methyl/N-ethyl adjacent to an activating group) is 1. The number of alkyl halides is 1. The fourth-order valence-electron chi connectivity index (χ4n) is 3.17. The molecule has 156 valence electrons. The number of aliphatic hydroxyl groups excluding tert-OH is 1. The topological polar surface area (TPSA) is 94.4 Å². The van der Waals surface area contributed by atoms with E-state index in [0.29, 0.717) is 18.8 Å². The van der Waals surface area contributed by atoms with Crippen molar-refractivity contribution in [2.75, 3.05) is 37.8 Å². The van der Waals surface area contributed by atoms with Gasteiger partial charge in [-0.2, -0.15) is 0 Å². The second-order valence-corrected chi connectivity index (χ2v) is 6.71. The van der Waals surface area contributed by atoms with Crippen LogP contribution >= 0.6 is 0 Å². The maximum Gasteiger partial charge on any atom is 0.150 e. The molecule has 3 aromatic rings. The van der Waals surface area contributed by atoms with Gasteiger partial charge in [0.2, 0.25) is 0 Å². The molecule has 0 aliphatic rings. The summed E-state index contributed by atoms with van der Waals surface area (Å²) in [6.07, 6.45) is -0.859. The average Bonchev–Trinajstić information content (AvgIpc) is 2.80. The number of halogens is 1. The summed E-state index contributed by atoms with van der Waals surface area (Å²) < 4.78 is 18.2. The van der Waals surface area contributed by atoms with Crippen molar-refractivity contribution in [2.24, 2.45) is 5.11 Å². The van der Waals surface area contributed by atoms with E-state index in [1.165, 1.54) is 0 Å². The normalized spacial score (nSPS) is 11.7. The number of ether oxygens (including phenoxy) is 1. The number of aromatic nitrogens is 1. The van der Waals surface area contributed by atoms with Crippen LogP contribution in [0.1, 0.15) is 6.92 Å². The van der Waals surface area contributed by atoms with Crippen LogP contribution in [0, 0.1) is 0 Å². The molecule has 3 rings (SSSR count). The fraction of sp³-hybridized carbons (Fsp3) is 0.318. The minimum atomic E-state index is -0.859. The molecule has 1 N–H and O–H groups in total. The molecule has 8 heteroatoms. The Kier molecular flexibility index (Phi) is 7.43. The van der Waals surface area contributed by atoms with Gasteiger partial charge in [0.25, 0.3) is 0 Å². The van der Waals surface area contributed by atoms with Gasteiger partial charge in [-0.3, -0.25) is 0 Å². The van der Waals surface area contributed by atoms with E-state index in [2.05, 4.69) is 21.8 Å². The van der Waals surface area contributed by atoms with Gasteiger partial charge >= 0.3 is 0 Å². The predicted molar refractivity (Wildman–Crippen MR) is 117 cm³/mol. The van der Waals surface area contributed by atoms with Crippen molar-refractivity contribution in [2.45, 2.75) is 13.0 Å². The van der Waals surface area contributed by atoms with Crippen molar-refractivity contribution in [3.05, 3.63) is 65.0 Å². The third kappa shape index (κ3) is 5.17. The number of anilines is 1. The lowest BCUT2D eigenvalue weighted by Crippen LogP contribution is -2.25. The zero-order chi connectivity index (χ0) is 21.3. The molecule has 30 heavy (non-hydrogen) atoms. The van der Waals surface area contributed by atoms with Crippen LogP contribution in [0.5, 0.6) is 5.75 Å². The van der Waals surface area contributed by atoms with Gasteiger partial charge in [0, 0.05) is 41.2 Å². The first-order valence-electron chi connectivity index (χ1n) is 9.79.